The van der Waals surface area contributed by atoms with Crippen LogP contribution in [0.25, 0.3) is 0 Å². The van der Waals surface area contributed by atoms with Crippen molar-refractivity contribution in [2.45, 2.75) is 70.8 Å². The molecule has 22 heavy (non-hydrogen) atoms. The Morgan fingerprint density at radius 3 is 2.36 bits per heavy atom. The molecule has 0 radical (unpaired) electrons. The number of carboxylic acid groups (broad SMARTS) is 1. The Hall–Kier alpha value is -1.39. The second-order valence-corrected chi connectivity index (χ2v) is 5.24. The van der Waals surface area contributed by atoms with Gasteiger partial charge in [0.05, 0.1) is 0 Å². The molecule has 0 aromatic carbocycles. The van der Waals surface area contributed by atoms with Crippen molar-refractivity contribution in [3.8, 4) is 0 Å². The minimum absolute atomic E-state index is 0.273. The Bertz CT molecular complexity index is 345. The fraction of sp³-hybridized carbons (Fsp3) is 0.611. The molecule has 4 nitrogen and oxygen atoms in total. The molecule has 0 aliphatic heterocycles. The van der Waals surface area contributed by atoms with Crippen LogP contribution in [0.2, 0.25) is 0 Å². The lowest BCUT2D eigenvalue weighted by atomic mass is 10.1. The molecular formula is C18H30O4. The maximum Gasteiger partial charge on any atom is 0.303 e. The van der Waals surface area contributed by atoms with Crippen LogP contribution in [-0.4, -0.2) is 22.4 Å². The predicted octanol–water partition coefficient (Wildman–Crippen LogP) is 5.13. The van der Waals surface area contributed by atoms with Crippen LogP contribution < -0.4 is 0 Å². The van der Waals surface area contributed by atoms with Crippen LogP contribution in [0.5, 0.6) is 0 Å². The maximum atomic E-state index is 10.3. The average Bonchev–Trinajstić information content (AvgIpc) is 2.50. The highest BCUT2D eigenvalue weighted by atomic mass is 17.1. The van der Waals surface area contributed by atoms with E-state index in [0.29, 0.717) is 0 Å². The smallest absolute Gasteiger partial charge is 0.303 e. The summed E-state index contributed by atoms with van der Waals surface area (Å²) in [6.45, 7) is 2.09. The summed E-state index contributed by atoms with van der Waals surface area (Å²) >= 11 is 0. The molecular weight excluding hydrogens is 280 g/mol. The van der Waals surface area contributed by atoms with E-state index in [4.69, 9.17) is 10.4 Å². The molecule has 0 heterocycles. The van der Waals surface area contributed by atoms with Crippen molar-refractivity contribution < 1.29 is 20.0 Å². The zero-order valence-corrected chi connectivity index (χ0v) is 13.6. The van der Waals surface area contributed by atoms with Gasteiger partial charge in [-0.05, 0) is 32.1 Å². The van der Waals surface area contributed by atoms with Crippen LogP contribution in [0.15, 0.2) is 36.5 Å². The Morgan fingerprint density at radius 2 is 1.68 bits per heavy atom. The first-order valence-electron chi connectivity index (χ1n) is 8.21. The van der Waals surface area contributed by atoms with E-state index in [1.807, 2.05) is 24.3 Å². The fourth-order valence-corrected chi connectivity index (χ4v) is 1.99. The molecule has 2 N–H and O–H groups in total. The van der Waals surface area contributed by atoms with Gasteiger partial charge in [0.25, 0.3) is 0 Å². The largest absolute Gasteiger partial charge is 0.481 e. The minimum Gasteiger partial charge on any atom is -0.481 e. The van der Waals surface area contributed by atoms with Gasteiger partial charge in [0.15, 0.2) is 0 Å². The summed E-state index contributed by atoms with van der Waals surface area (Å²) in [5, 5.41) is 17.3. The molecule has 0 aliphatic rings. The second-order valence-electron chi connectivity index (χ2n) is 5.24. The van der Waals surface area contributed by atoms with E-state index < -0.39 is 5.97 Å². The molecule has 0 unspecified atom stereocenters. The number of rotatable bonds is 14. The summed E-state index contributed by atoms with van der Waals surface area (Å²) in [6, 6.07) is 0. The van der Waals surface area contributed by atoms with Gasteiger partial charge in [-0.25, -0.2) is 4.89 Å². The van der Waals surface area contributed by atoms with Gasteiger partial charge < -0.3 is 5.11 Å². The monoisotopic (exact) mass is 310 g/mol. The van der Waals surface area contributed by atoms with Crippen molar-refractivity contribution in [2.24, 2.45) is 0 Å². The molecule has 0 rings (SSSR count). The Morgan fingerprint density at radius 1 is 1.00 bits per heavy atom. The molecule has 0 bridgehead atoms. The van der Waals surface area contributed by atoms with Gasteiger partial charge in [-0.1, -0.05) is 62.6 Å². The first-order valence-corrected chi connectivity index (χ1v) is 8.21. The van der Waals surface area contributed by atoms with Gasteiger partial charge in [-0.15, -0.1) is 0 Å². The quantitative estimate of drug-likeness (QED) is 0.202. The lowest BCUT2D eigenvalue weighted by molar-refractivity contribution is -0.254. The number of aliphatic carboxylic acids is 1. The highest BCUT2D eigenvalue weighted by Gasteiger charge is 1.98. The average molecular weight is 310 g/mol. The van der Waals surface area contributed by atoms with Gasteiger partial charge in [-0.2, -0.15) is 0 Å². The molecule has 1 atom stereocenters. The summed E-state index contributed by atoms with van der Waals surface area (Å²) < 4.78 is 0. The van der Waals surface area contributed by atoms with E-state index in [1.165, 1.54) is 0 Å². The van der Waals surface area contributed by atoms with Crippen LogP contribution in [0, 0.1) is 0 Å². The molecule has 0 saturated heterocycles. The third-order valence-electron chi connectivity index (χ3n) is 3.21. The summed E-state index contributed by atoms with van der Waals surface area (Å²) in [6.07, 6.45) is 19.6. The highest BCUT2D eigenvalue weighted by molar-refractivity contribution is 5.66. The summed E-state index contributed by atoms with van der Waals surface area (Å²) in [4.78, 5) is 14.7. The number of carboxylic acids is 1. The molecule has 0 saturated carbocycles. The first kappa shape index (κ1) is 20.6. The number of carbonyl (C=O) groups is 1. The summed E-state index contributed by atoms with van der Waals surface area (Å²) in [5.74, 6) is -0.712. The molecule has 0 amide bonds. The fourth-order valence-electron chi connectivity index (χ4n) is 1.99. The van der Waals surface area contributed by atoms with E-state index in [1.54, 1.807) is 0 Å². The number of allylic oxidation sites excluding steroid dienone is 4. The van der Waals surface area contributed by atoms with E-state index in [0.717, 1.165) is 51.4 Å². The van der Waals surface area contributed by atoms with Gasteiger partial charge in [0.1, 0.15) is 6.10 Å². The number of hydrogen-bond acceptors (Lipinski definition) is 3. The van der Waals surface area contributed by atoms with Crippen LogP contribution in [0.3, 0.4) is 0 Å². The third kappa shape index (κ3) is 15.0. The van der Waals surface area contributed by atoms with Crippen LogP contribution in [0.4, 0.5) is 0 Å². The van der Waals surface area contributed by atoms with Crippen molar-refractivity contribution in [3.05, 3.63) is 36.5 Å². The van der Waals surface area contributed by atoms with Gasteiger partial charge in [-0.3, -0.25) is 10.1 Å². The molecule has 0 fully saturated rings. The topological polar surface area (TPSA) is 66.8 Å². The lowest BCUT2D eigenvalue weighted by Gasteiger charge is -2.02. The second kappa shape index (κ2) is 16.0. The van der Waals surface area contributed by atoms with Crippen molar-refractivity contribution in [1.82, 2.24) is 0 Å². The number of unbranched alkanes of at least 4 members (excludes halogenated alkanes) is 5. The lowest BCUT2D eigenvalue weighted by Crippen LogP contribution is -2.02. The zero-order valence-electron chi connectivity index (χ0n) is 13.6. The van der Waals surface area contributed by atoms with E-state index in [2.05, 4.69) is 24.0 Å². The molecule has 0 spiro atoms. The Labute approximate surface area is 134 Å². The van der Waals surface area contributed by atoms with Gasteiger partial charge >= 0.3 is 5.97 Å². The van der Waals surface area contributed by atoms with Gasteiger partial charge in [0.2, 0.25) is 0 Å². The van der Waals surface area contributed by atoms with E-state index in [9.17, 15) is 4.79 Å². The predicted molar refractivity (Wildman–Crippen MR) is 89.8 cm³/mol. The van der Waals surface area contributed by atoms with E-state index >= 15 is 0 Å². The van der Waals surface area contributed by atoms with Crippen molar-refractivity contribution in [1.29, 1.82) is 0 Å². The standard InChI is InChI=1S/C18H30O4/c1-2-3-4-8-11-14-17(22-21)15-12-9-6-5-7-10-13-16-18(19)20/h3-4,11-12,14-15,17,21H,2,5-10,13,16H2,1H3,(H,19,20)/t17-/m1/s1. The Kier molecular flexibility index (Phi) is 15.0. The molecule has 0 aliphatic carbocycles. The summed E-state index contributed by atoms with van der Waals surface area (Å²) in [7, 11) is 0. The molecule has 126 valence electrons. The van der Waals surface area contributed by atoms with Crippen LogP contribution >= 0.6 is 0 Å². The van der Waals surface area contributed by atoms with Crippen LogP contribution in [-0.2, 0) is 9.68 Å². The zero-order chi connectivity index (χ0) is 16.5. The molecule has 4 heteroatoms. The Balaban J connectivity index is 3.63. The molecule has 0 aromatic rings. The van der Waals surface area contributed by atoms with Crippen molar-refractivity contribution in [3.63, 3.8) is 0 Å². The normalized spacial score (nSPS) is 13.5. The number of hydrogen-bond donors (Lipinski definition) is 2. The van der Waals surface area contributed by atoms with E-state index in [-0.39, 0.29) is 12.5 Å². The van der Waals surface area contributed by atoms with Crippen molar-refractivity contribution in [2.75, 3.05) is 0 Å². The minimum atomic E-state index is -0.712. The highest BCUT2D eigenvalue weighted by Crippen LogP contribution is 2.08. The summed E-state index contributed by atoms with van der Waals surface area (Å²) in [5.41, 5.74) is 0. The van der Waals surface area contributed by atoms with Gasteiger partial charge in [0, 0.05) is 6.42 Å². The van der Waals surface area contributed by atoms with Crippen molar-refractivity contribution >= 4 is 5.97 Å². The third-order valence-corrected chi connectivity index (χ3v) is 3.21. The van der Waals surface area contributed by atoms with Crippen LogP contribution in [0.1, 0.15) is 64.7 Å². The molecule has 0 aromatic heterocycles. The maximum absolute atomic E-state index is 10.3. The SMILES string of the molecule is CCC=CCC=C[C@H](C=CCCCCCCCC(=O)O)OO. The first-order chi connectivity index (χ1) is 10.7.